The van der Waals surface area contributed by atoms with E-state index in [4.69, 9.17) is 0 Å². The number of halogens is 1. The van der Waals surface area contributed by atoms with Gasteiger partial charge in [0.15, 0.2) is 5.78 Å². The molecule has 0 aliphatic heterocycles. The first-order chi connectivity index (χ1) is 8.47. The number of carbonyl (C=O) groups excluding carboxylic acids is 2. The lowest BCUT2D eigenvalue weighted by Crippen LogP contribution is -2.19. The van der Waals surface area contributed by atoms with Crippen LogP contribution in [-0.4, -0.2) is 37.4 Å². The van der Waals surface area contributed by atoms with Crippen LogP contribution in [0.5, 0.6) is 0 Å². The third kappa shape index (κ3) is 3.42. The molecule has 0 unspecified atom stereocenters. The average molecular weight is 255 g/mol. The van der Waals surface area contributed by atoms with Crippen LogP contribution in [-0.2, 0) is 14.3 Å². The van der Waals surface area contributed by atoms with Crippen LogP contribution in [0.1, 0.15) is 26.2 Å². The van der Waals surface area contributed by atoms with E-state index in [2.05, 4.69) is 4.74 Å². The Kier molecular flexibility index (Phi) is 5.07. The number of allylic oxidation sites excluding steroid dienone is 2. The van der Waals surface area contributed by atoms with Crippen molar-refractivity contribution in [3.8, 4) is 0 Å². The van der Waals surface area contributed by atoms with E-state index in [-0.39, 0.29) is 24.4 Å². The van der Waals surface area contributed by atoms with Gasteiger partial charge < -0.3 is 9.64 Å². The molecule has 0 aromatic heterocycles. The summed E-state index contributed by atoms with van der Waals surface area (Å²) in [6.07, 6.45) is 3.22. The van der Waals surface area contributed by atoms with E-state index in [9.17, 15) is 14.0 Å². The zero-order valence-electron chi connectivity index (χ0n) is 11.0. The molecule has 0 spiro atoms. The Balaban J connectivity index is 2.99. The molecule has 0 N–H and O–H groups in total. The van der Waals surface area contributed by atoms with E-state index in [1.807, 2.05) is 0 Å². The smallest absolute Gasteiger partial charge is 0.367 e. The van der Waals surface area contributed by atoms with Gasteiger partial charge >= 0.3 is 5.97 Å². The monoisotopic (exact) mass is 255 g/mol. The van der Waals surface area contributed by atoms with Crippen LogP contribution in [0, 0.1) is 0 Å². The second kappa shape index (κ2) is 6.33. The van der Waals surface area contributed by atoms with Crippen molar-refractivity contribution < 1.29 is 18.7 Å². The van der Waals surface area contributed by atoms with Gasteiger partial charge in [0, 0.05) is 31.4 Å². The molecular weight excluding hydrogens is 237 g/mol. The van der Waals surface area contributed by atoms with Crippen molar-refractivity contribution >= 4 is 11.8 Å². The van der Waals surface area contributed by atoms with Crippen molar-refractivity contribution in [3.05, 3.63) is 23.2 Å². The molecule has 4 nitrogen and oxygen atoms in total. The molecule has 1 aliphatic rings. The molecule has 0 atom stereocenters. The highest BCUT2D eigenvalue weighted by atomic mass is 19.1. The number of carbonyl (C=O) groups is 2. The number of nitrogens with zero attached hydrogens (tertiary/aromatic N) is 1. The predicted octanol–water partition coefficient (Wildman–Crippen LogP) is 1.97. The summed E-state index contributed by atoms with van der Waals surface area (Å²) in [4.78, 5) is 25.0. The van der Waals surface area contributed by atoms with E-state index < -0.39 is 11.8 Å². The van der Waals surface area contributed by atoms with Crippen LogP contribution in [0.3, 0.4) is 0 Å². The van der Waals surface area contributed by atoms with E-state index in [0.717, 1.165) is 0 Å². The van der Waals surface area contributed by atoms with Gasteiger partial charge in [0.1, 0.15) is 0 Å². The van der Waals surface area contributed by atoms with Gasteiger partial charge in [0.25, 0.3) is 0 Å². The third-order valence-corrected chi connectivity index (χ3v) is 2.57. The molecule has 0 aromatic rings. The highest BCUT2D eigenvalue weighted by Gasteiger charge is 2.27. The quantitative estimate of drug-likeness (QED) is 0.571. The highest BCUT2D eigenvalue weighted by Crippen LogP contribution is 2.28. The summed E-state index contributed by atoms with van der Waals surface area (Å²) in [5.41, 5.74) is 0.466. The molecular formula is C13H18FNO3. The normalized spacial score (nSPS) is 20.9. The number of esters is 1. The summed E-state index contributed by atoms with van der Waals surface area (Å²) in [5, 5.41) is 0. The van der Waals surface area contributed by atoms with E-state index >= 15 is 0 Å². The number of hydrogen-bond donors (Lipinski definition) is 0. The topological polar surface area (TPSA) is 46.6 Å². The summed E-state index contributed by atoms with van der Waals surface area (Å²) < 4.78 is 18.3. The zero-order valence-corrected chi connectivity index (χ0v) is 11.0. The highest BCUT2D eigenvalue weighted by molar-refractivity contribution is 6.12. The van der Waals surface area contributed by atoms with Crippen LogP contribution in [0.15, 0.2) is 23.2 Å². The van der Waals surface area contributed by atoms with Crippen molar-refractivity contribution in [2.24, 2.45) is 0 Å². The molecule has 1 rings (SSSR count). The number of ketones is 1. The zero-order chi connectivity index (χ0) is 13.7. The van der Waals surface area contributed by atoms with E-state index in [0.29, 0.717) is 18.4 Å². The van der Waals surface area contributed by atoms with Gasteiger partial charge in [-0.25, -0.2) is 4.79 Å². The molecule has 0 saturated heterocycles. The molecule has 1 saturated carbocycles. The minimum atomic E-state index is -1.05. The average Bonchev–Trinajstić information content (AvgIpc) is 2.31. The number of rotatable bonds is 3. The number of Topliss-reactive ketones (excluding diaryl/α,β-unsaturated/α-hetero) is 1. The Morgan fingerprint density at radius 3 is 2.67 bits per heavy atom. The molecule has 5 heteroatoms. The van der Waals surface area contributed by atoms with Gasteiger partial charge in [0.05, 0.1) is 6.61 Å². The van der Waals surface area contributed by atoms with Crippen LogP contribution in [0.2, 0.25) is 0 Å². The molecule has 0 heterocycles. The fourth-order valence-corrected chi connectivity index (χ4v) is 1.84. The Morgan fingerprint density at radius 2 is 2.11 bits per heavy atom. The molecule has 0 amide bonds. The molecule has 1 fully saturated rings. The van der Waals surface area contributed by atoms with Crippen molar-refractivity contribution in [1.82, 2.24) is 4.90 Å². The molecule has 0 aromatic carbocycles. The summed E-state index contributed by atoms with van der Waals surface area (Å²) in [7, 11) is 3.58. The lowest BCUT2D eigenvalue weighted by molar-refractivity contribution is -0.140. The Labute approximate surface area is 106 Å². The molecule has 1 aliphatic carbocycles. The first kappa shape index (κ1) is 14.4. The fourth-order valence-electron chi connectivity index (χ4n) is 1.84. The van der Waals surface area contributed by atoms with Crippen molar-refractivity contribution in [2.45, 2.75) is 26.2 Å². The van der Waals surface area contributed by atoms with Gasteiger partial charge in [-0.1, -0.05) is 0 Å². The van der Waals surface area contributed by atoms with Gasteiger partial charge in [-0.3, -0.25) is 4.79 Å². The minimum absolute atomic E-state index is 0.0622. The lowest BCUT2D eigenvalue weighted by Gasteiger charge is -2.18. The summed E-state index contributed by atoms with van der Waals surface area (Å²) in [5.74, 6) is -2.49. The van der Waals surface area contributed by atoms with Crippen LogP contribution < -0.4 is 0 Å². The summed E-state index contributed by atoms with van der Waals surface area (Å²) in [6, 6.07) is 0. The van der Waals surface area contributed by atoms with E-state index in [1.165, 1.54) is 0 Å². The maximum absolute atomic E-state index is 13.8. The van der Waals surface area contributed by atoms with Gasteiger partial charge in [-0.2, -0.15) is 4.39 Å². The standard InChI is InChI=1S/C13H18FNO3/c1-4-18-13(17)11(14)10-7-5-6-9(12(10)16)8-15(2)3/h8H,4-7H2,1-3H3/b9-8-,11-10-. The van der Waals surface area contributed by atoms with Crippen molar-refractivity contribution in [3.63, 3.8) is 0 Å². The second-order valence-electron chi connectivity index (χ2n) is 4.31. The first-order valence-corrected chi connectivity index (χ1v) is 5.95. The molecule has 0 radical (unpaired) electrons. The van der Waals surface area contributed by atoms with E-state index in [1.54, 1.807) is 32.1 Å². The van der Waals surface area contributed by atoms with Crippen LogP contribution in [0.4, 0.5) is 4.39 Å². The van der Waals surface area contributed by atoms with Crippen molar-refractivity contribution in [2.75, 3.05) is 20.7 Å². The molecule has 100 valence electrons. The summed E-state index contributed by atoms with van der Waals surface area (Å²) >= 11 is 0. The minimum Gasteiger partial charge on any atom is -0.461 e. The predicted molar refractivity (Wildman–Crippen MR) is 65.4 cm³/mol. The Bertz CT molecular complexity index is 410. The van der Waals surface area contributed by atoms with Gasteiger partial charge in [-0.05, 0) is 26.2 Å². The fraction of sp³-hybridized carbons (Fsp3) is 0.538. The van der Waals surface area contributed by atoms with Crippen LogP contribution >= 0.6 is 0 Å². The lowest BCUT2D eigenvalue weighted by atomic mass is 9.88. The first-order valence-electron chi connectivity index (χ1n) is 5.95. The number of hydrogen-bond acceptors (Lipinski definition) is 4. The third-order valence-electron chi connectivity index (χ3n) is 2.57. The summed E-state index contributed by atoms with van der Waals surface area (Å²) in [6.45, 7) is 1.68. The number of ether oxygens (including phenoxy) is 1. The maximum atomic E-state index is 13.8. The second-order valence-corrected chi connectivity index (χ2v) is 4.31. The van der Waals surface area contributed by atoms with Gasteiger partial charge in [-0.15, -0.1) is 0 Å². The molecule has 18 heavy (non-hydrogen) atoms. The molecule has 0 bridgehead atoms. The Morgan fingerprint density at radius 1 is 1.44 bits per heavy atom. The largest absolute Gasteiger partial charge is 0.461 e. The van der Waals surface area contributed by atoms with Gasteiger partial charge in [0.2, 0.25) is 5.83 Å². The maximum Gasteiger partial charge on any atom is 0.367 e. The van der Waals surface area contributed by atoms with Crippen molar-refractivity contribution in [1.29, 1.82) is 0 Å². The SMILES string of the molecule is CCOC(=O)/C(F)=C1\CCC/C(=C/N(C)C)C1=O. The van der Waals surface area contributed by atoms with Crippen LogP contribution in [0.25, 0.3) is 0 Å². The Hall–Kier alpha value is -1.65.